The Morgan fingerprint density at radius 2 is 1.62 bits per heavy atom. The second-order valence-electron chi connectivity index (χ2n) is 5.24. The molecule has 0 spiro atoms. The molecule has 1 atom stereocenters. The molecule has 1 rings (SSSR count). The van der Waals surface area contributed by atoms with Crippen LogP contribution in [0.3, 0.4) is 0 Å². The molecule has 0 aliphatic carbocycles. The minimum absolute atomic E-state index is 0.286. The molecule has 3 N–H and O–H groups in total. The number of hydrogen-bond donors (Lipinski definition) is 3. The summed E-state index contributed by atoms with van der Waals surface area (Å²) in [7, 11) is 0. The van der Waals surface area contributed by atoms with E-state index in [0.29, 0.717) is 6.07 Å². The summed E-state index contributed by atoms with van der Waals surface area (Å²) in [6, 6.07) is 2.46. The molecule has 0 bridgehead atoms. The smallest absolute Gasteiger partial charge is 0.383 e. The maximum absolute atomic E-state index is 13.6. The van der Waals surface area contributed by atoms with E-state index in [0.717, 1.165) is 19.1 Å². The quantitative estimate of drug-likeness (QED) is 0.533. The Balaban J connectivity index is 2.55. The summed E-state index contributed by atoms with van der Waals surface area (Å²) >= 11 is 0. The summed E-state index contributed by atoms with van der Waals surface area (Å²) in [6.07, 6.45) is -5.49. The first-order valence-electron chi connectivity index (χ1n) is 6.69. The molecule has 1 aromatic rings. The molecule has 2 amide bonds. The van der Waals surface area contributed by atoms with Crippen molar-refractivity contribution < 1.29 is 36.6 Å². The summed E-state index contributed by atoms with van der Waals surface area (Å²) < 4.78 is 62.1. The van der Waals surface area contributed by atoms with Crippen molar-refractivity contribution in [3.05, 3.63) is 35.4 Å². The van der Waals surface area contributed by atoms with E-state index in [1.165, 1.54) is 5.32 Å². The van der Waals surface area contributed by atoms with Gasteiger partial charge < -0.3 is 15.7 Å². The molecule has 134 valence electrons. The average Bonchev–Trinajstić information content (AvgIpc) is 2.42. The van der Waals surface area contributed by atoms with Gasteiger partial charge in [-0.05, 0) is 13.0 Å². The molecule has 5 nitrogen and oxygen atoms in total. The van der Waals surface area contributed by atoms with E-state index in [1.54, 1.807) is 0 Å². The van der Waals surface area contributed by atoms with Crippen molar-refractivity contribution in [1.29, 1.82) is 0 Å². The second kappa shape index (κ2) is 7.56. The fraction of sp³-hybridized carbons (Fsp3) is 0.429. The number of nitrogens with one attached hydrogen (secondary N) is 2. The fourth-order valence-electron chi connectivity index (χ4n) is 1.76. The number of carbonyl (C=O) groups is 2. The monoisotopic (exact) mass is 354 g/mol. The summed E-state index contributed by atoms with van der Waals surface area (Å²) in [4.78, 5) is 22.6. The Morgan fingerprint density at radius 3 is 2.12 bits per heavy atom. The van der Waals surface area contributed by atoms with Crippen LogP contribution in [0.2, 0.25) is 0 Å². The summed E-state index contributed by atoms with van der Waals surface area (Å²) in [6.45, 7) is -0.953. The third kappa shape index (κ3) is 6.49. The van der Waals surface area contributed by atoms with E-state index in [1.807, 2.05) is 0 Å². The normalized spacial score (nSPS) is 14.0. The van der Waals surface area contributed by atoms with Crippen molar-refractivity contribution in [2.45, 2.75) is 25.1 Å². The van der Waals surface area contributed by atoms with Crippen molar-refractivity contribution in [3.8, 4) is 0 Å². The van der Waals surface area contributed by atoms with Crippen molar-refractivity contribution in [3.63, 3.8) is 0 Å². The van der Waals surface area contributed by atoms with E-state index in [9.17, 15) is 36.6 Å². The standard InChI is InChI=1S/C14H15F5N2O3/c1-13(24,9-3-2-8(15)4-10(9)16)6-20-11(22)5-12(23)21-7-14(17,18)19/h2-4,24H,5-7H2,1H3,(H,20,22)(H,21,23)/t13-/m1/s1. The van der Waals surface area contributed by atoms with E-state index in [2.05, 4.69) is 5.32 Å². The summed E-state index contributed by atoms with van der Waals surface area (Å²) in [5.74, 6) is -4.00. The number of hydrogen-bond acceptors (Lipinski definition) is 3. The molecule has 0 aliphatic heterocycles. The van der Waals surface area contributed by atoms with Gasteiger partial charge in [-0.2, -0.15) is 13.2 Å². The van der Waals surface area contributed by atoms with Crippen LogP contribution in [0, 0.1) is 11.6 Å². The Hall–Kier alpha value is -2.23. The Morgan fingerprint density at radius 1 is 1.08 bits per heavy atom. The van der Waals surface area contributed by atoms with E-state index in [-0.39, 0.29) is 5.56 Å². The Bertz CT molecular complexity index is 617. The molecule has 0 aliphatic rings. The van der Waals surface area contributed by atoms with Crippen LogP contribution in [0.4, 0.5) is 22.0 Å². The van der Waals surface area contributed by atoms with Gasteiger partial charge in [0.2, 0.25) is 11.8 Å². The molecule has 0 radical (unpaired) electrons. The molecule has 1 aromatic carbocycles. The zero-order valence-corrected chi connectivity index (χ0v) is 12.5. The molecular weight excluding hydrogens is 339 g/mol. The van der Waals surface area contributed by atoms with Gasteiger partial charge in [-0.3, -0.25) is 9.59 Å². The van der Waals surface area contributed by atoms with Crippen LogP contribution in [0.25, 0.3) is 0 Å². The first kappa shape index (κ1) is 19.8. The Kier molecular flexibility index (Phi) is 6.24. The highest BCUT2D eigenvalue weighted by Gasteiger charge is 2.29. The molecule has 10 heteroatoms. The lowest BCUT2D eigenvalue weighted by Gasteiger charge is -2.24. The van der Waals surface area contributed by atoms with Crippen molar-refractivity contribution in [1.82, 2.24) is 10.6 Å². The van der Waals surface area contributed by atoms with Crippen molar-refractivity contribution in [2.75, 3.05) is 13.1 Å². The molecule has 0 saturated heterocycles. The first-order chi connectivity index (χ1) is 10.9. The molecule has 0 fully saturated rings. The highest BCUT2D eigenvalue weighted by atomic mass is 19.4. The van der Waals surface area contributed by atoms with Gasteiger partial charge in [-0.1, -0.05) is 6.07 Å². The number of alkyl halides is 3. The number of rotatable bonds is 6. The summed E-state index contributed by atoms with van der Waals surface area (Å²) in [5, 5.41) is 13.7. The lowest BCUT2D eigenvalue weighted by molar-refractivity contribution is -0.141. The molecule has 0 saturated carbocycles. The Labute approximate surface area is 133 Å². The van der Waals surface area contributed by atoms with Crippen LogP contribution in [-0.2, 0) is 15.2 Å². The summed E-state index contributed by atoms with van der Waals surface area (Å²) in [5.41, 5.74) is -2.19. The van der Waals surface area contributed by atoms with Crippen LogP contribution in [0.15, 0.2) is 18.2 Å². The zero-order valence-electron chi connectivity index (χ0n) is 12.5. The van der Waals surface area contributed by atoms with Gasteiger partial charge in [0.15, 0.2) is 0 Å². The predicted molar refractivity (Wildman–Crippen MR) is 72.6 cm³/mol. The molecule has 0 aromatic heterocycles. The van der Waals surface area contributed by atoms with Crippen LogP contribution in [0.1, 0.15) is 18.9 Å². The van der Waals surface area contributed by atoms with E-state index >= 15 is 0 Å². The number of amides is 2. The van der Waals surface area contributed by atoms with Gasteiger partial charge in [0.05, 0.1) is 6.54 Å². The third-order valence-electron chi connectivity index (χ3n) is 2.95. The van der Waals surface area contributed by atoms with Crippen LogP contribution in [0.5, 0.6) is 0 Å². The van der Waals surface area contributed by atoms with Crippen LogP contribution < -0.4 is 10.6 Å². The number of aliphatic hydroxyl groups is 1. The SMILES string of the molecule is C[C@@](O)(CNC(=O)CC(=O)NCC(F)(F)F)c1ccc(F)cc1F. The van der Waals surface area contributed by atoms with E-state index < -0.39 is 54.7 Å². The fourth-order valence-corrected chi connectivity index (χ4v) is 1.76. The largest absolute Gasteiger partial charge is 0.405 e. The van der Waals surface area contributed by atoms with Crippen LogP contribution >= 0.6 is 0 Å². The minimum atomic E-state index is -4.60. The van der Waals surface area contributed by atoms with Gasteiger partial charge >= 0.3 is 6.18 Å². The minimum Gasteiger partial charge on any atom is -0.383 e. The molecule has 0 unspecified atom stereocenters. The van der Waals surface area contributed by atoms with Gasteiger partial charge in [-0.25, -0.2) is 8.78 Å². The van der Waals surface area contributed by atoms with Gasteiger partial charge in [0, 0.05) is 11.6 Å². The number of benzene rings is 1. The van der Waals surface area contributed by atoms with Gasteiger partial charge in [0.25, 0.3) is 0 Å². The van der Waals surface area contributed by atoms with Crippen molar-refractivity contribution in [2.24, 2.45) is 0 Å². The van der Waals surface area contributed by atoms with Crippen LogP contribution in [-0.4, -0.2) is 36.2 Å². The highest BCUT2D eigenvalue weighted by Crippen LogP contribution is 2.23. The molecule has 0 heterocycles. The van der Waals surface area contributed by atoms with Gasteiger partial charge in [0.1, 0.15) is 30.2 Å². The second-order valence-corrected chi connectivity index (χ2v) is 5.24. The lowest BCUT2D eigenvalue weighted by atomic mass is 9.95. The van der Waals surface area contributed by atoms with E-state index in [4.69, 9.17) is 0 Å². The maximum atomic E-state index is 13.6. The zero-order chi connectivity index (χ0) is 18.5. The highest BCUT2D eigenvalue weighted by molar-refractivity contribution is 5.96. The average molecular weight is 354 g/mol. The lowest BCUT2D eigenvalue weighted by Crippen LogP contribution is -2.42. The maximum Gasteiger partial charge on any atom is 0.405 e. The third-order valence-corrected chi connectivity index (χ3v) is 2.95. The number of carbonyl (C=O) groups excluding carboxylic acids is 2. The van der Waals surface area contributed by atoms with Crippen molar-refractivity contribution >= 4 is 11.8 Å². The first-order valence-corrected chi connectivity index (χ1v) is 6.69. The number of halogens is 5. The predicted octanol–water partition coefficient (Wildman–Crippen LogP) is 1.36. The van der Waals surface area contributed by atoms with Gasteiger partial charge in [-0.15, -0.1) is 0 Å². The topological polar surface area (TPSA) is 78.4 Å². The molecule has 24 heavy (non-hydrogen) atoms. The molecular formula is C14H15F5N2O3.